The van der Waals surface area contributed by atoms with Crippen LogP contribution in [0.2, 0.25) is 0 Å². The van der Waals surface area contributed by atoms with Gasteiger partial charge in [-0.1, -0.05) is 12.1 Å². The van der Waals surface area contributed by atoms with Crippen LogP contribution >= 0.6 is 11.3 Å². The van der Waals surface area contributed by atoms with E-state index < -0.39 is 5.97 Å². The third-order valence-electron chi connectivity index (χ3n) is 4.37. The fourth-order valence-electron chi connectivity index (χ4n) is 2.80. The summed E-state index contributed by atoms with van der Waals surface area (Å²) in [5, 5.41) is 2.69. The summed E-state index contributed by atoms with van der Waals surface area (Å²) in [6, 6.07) is 11.1. The molecule has 0 fully saturated rings. The molecule has 1 heterocycles. The summed E-state index contributed by atoms with van der Waals surface area (Å²) in [5.74, 6) is 1.88. The first-order chi connectivity index (χ1) is 15.1. The summed E-state index contributed by atoms with van der Waals surface area (Å²) in [4.78, 5) is 16.7. The summed E-state index contributed by atoms with van der Waals surface area (Å²) >= 11 is 1.48. The van der Waals surface area contributed by atoms with Crippen LogP contribution < -0.4 is 18.9 Å². The molecule has 0 unspecified atom stereocenters. The lowest BCUT2D eigenvalue weighted by Crippen LogP contribution is -2.01. The van der Waals surface area contributed by atoms with Gasteiger partial charge in [0.15, 0.2) is 11.5 Å². The maximum atomic E-state index is 12.2. The van der Waals surface area contributed by atoms with Crippen LogP contribution in [-0.2, 0) is 16.1 Å². The largest absolute Gasteiger partial charge is 0.497 e. The van der Waals surface area contributed by atoms with Gasteiger partial charge in [-0.3, -0.25) is 0 Å². The number of esters is 1. The Morgan fingerprint density at radius 1 is 0.968 bits per heavy atom. The second kappa shape index (κ2) is 10.5. The van der Waals surface area contributed by atoms with E-state index in [1.165, 1.54) is 17.4 Å². The van der Waals surface area contributed by atoms with Gasteiger partial charge < -0.3 is 23.7 Å². The molecule has 0 saturated carbocycles. The van der Waals surface area contributed by atoms with E-state index in [2.05, 4.69) is 4.98 Å². The molecule has 1 aromatic heterocycles. The number of hydrogen-bond donors (Lipinski definition) is 0. The third kappa shape index (κ3) is 5.55. The Morgan fingerprint density at radius 2 is 1.71 bits per heavy atom. The first-order valence-corrected chi connectivity index (χ1v) is 10.2. The van der Waals surface area contributed by atoms with Gasteiger partial charge in [0.25, 0.3) is 0 Å². The maximum Gasteiger partial charge on any atom is 0.331 e. The highest BCUT2D eigenvalue weighted by atomic mass is 32.1. The molecular formula is C23H23NO6S. The lowest BCUT2D eigenvalue weighted by Gasteiger charge is -2.12. The van der Waals surface area contributed by atoms with E-state index in [1.807, 2.05) is 29.6 Å². The molecular weight excluding hydrogens is 418 g/mol. The van der Waals surface area contributed by atoms with E-state index >= 15 is 0 Å². The number of carbonyl (C=O) groups excluding carboxylic acids is 1. The summed E-state index contributed by atoms with van der Waals surface area (Å²) in [6.45, 7) is 0.0761. The SMILES string of the molecule is COc1cccc(-c2nc(COC(=O)/C=C/c3cc(OC)c(OC)cc3OC)cs2)c1. The molecule has 8 heteroatoms. The van der Waals surface area contributed by atoms with Gasteiger partial charge in [-0.05, 0) is 24.3 Å². The van der Waals surface area contributed by atoms with Crippen molar-refractivity contribution in [3.05, 3.63) is 59.1 Å². The van der Waals surface area contributed by atoms with Crippen molar-refractivity contribution in [3.63, 3.8) is 0 Å². The minimum absolute atomic E-state index is 0.0761. The van der Waals surface area contributed by atoms with Crippen molar-refractivity contribution >= 4 is 23.4 Å². The van der Waals surface area contributed by atoms with Crippen LogP contribution in [0.1, 0.15) is 11.3 Å². The monoisotopic (exact) mass is 441 g/mol. The van der Waals surface area contributed by atoms with Crippen molar-refractivity contribution in [2.45, 2.75) is 6.61 Å². The van der Waals surface area contributed by atoms with E-state index in [9.17, 15) is 4.79 Å². The molecule has 7 nitrogen and oxygen atoms in total. The average molecular weight is 442 g/mol. The fourth-order valence-corrected chi connectivity index (χ4v) is 3.60. The highest BCUT2D eigenvalue weighted by Gasteiger charge is 2.11. The van der Waals surface area contributed by atoms with Crippen LogP contribution in [0, 0.1) is 0 Å². The number of methoxy groups -OCH3 is 4. The van der Waals surface area contributed by atoms with Crippen LogP contribution in [0.3, 0.4) is 0 Å². The molecule has 0 bridgehead atoms. The maximum absolute atomic E-state index is 12.2. The molecule has 0 radical (unpaired) electrons. The molecule has 0 aliphatic carbocycles. The second-order valence-electron chi connectivity index (χ2n) is 6.27. The first kappa shape index (κ1) is 22.2. The van der Waals surface area contributed by atoms with Crippen molar-refractivity contribution in [1.82, 2.24) is 4.98 Å². The quantitative estimate of drug-likeness (QED) is 0.355. The molecule has 3 rings (SSSR count). The Balaban J connectivity index is 1.64. The van der Waals surface area contributed by atoms with E-state index in [0.717, 1.165) is 16.3 Å². The van der Waals surface area contributed by atoms with Crippen molar-refractivity contribution < 1.29 is 28.5 Å². The standard InChI is InChI=1S/C23H23NO6S/c1-26-18-7-5-6-16(10-18)23-24-17(14-31-23)13-30-22(25)9-8-15-11-20(28-3)21(29-4)12-19(15)27-2/h5-12,14H,13H2,1-4H3/b9-8+. The molecule has 0 spiro atoms. The summed E-state index contributed by atoms with van der Waals surface area (Å²) in [7, 11) is 6.25. The lowest BCUT2D eigenvalue weighted by molar-refractivity contribution is -0.139. The van der Waals surface area contributed by atoms with E-state index in [4.69, 9.17) is 23.7 Å². The minimum Gasteiger partial charge on any atom is -0.497 e. The van der Waals surface area contributed by atoms with Gasteiger partial charge in [0.2, 0.25) is 0 Å². The van der Waals surface area contributed by atoms with Crippen LogP contribution in [0.25, 0.3) is 16.6 Å². The van der Waals surface area contributed by atoms with Gasteiger partial charge in [0.1, 0.15) is 23.1 Å². The molecule has 0 amide bonds. The highest BCUT2D eigenvalue weighted by molar-refractivity contribution is 7.13. The molecule has 0 saturated heterocycles. The molecule has 31 heavy (non-hydrogen) atoms. The Bertz CT molecular complexity index is 1080. The van der Waals surface area contributed by atoms with Gasteiger partial charge in [-0.25, -0.2) is 9.78 Å². The van der Waals surface area contributed by atoms with Gasteiger partial charge >= 0.3 is 5.97 Å². The Hall–Kier alpha value is -3.52. The van der Waals surface area contributed by atoms with Crippen LogP contribution in [0.15, 0.2) is 47.9 Å². The highest BCUT2D eigenvalue weighted by Crippen LogP contribution is 2.35. The Kier molecular flexibility index (Phi) is 7.50. The molecule has 162 valence electrons. The van der Waals surface area contributed by atoms with Gasteiger partial charge in [0.05, 0.1) is 34.1 Å². The third-order valence-corrected chi connectivity index (χ3v) is 5.31. The van der Waals surface area contributed by atoms with Gasteiger partial charge in [-0.15, -0.1) is 11.3 Å². The smallest absolute Gasteiger partial charge is 0.331 e. The Labute approximate surface area is 184 Å². The van der Waals surface area contributed by atoms with Crippen LogP contribution in [-0.4, -0.2) is 39.4 Å². The number of ether oxygens (including phenoxy) is 5. The topological polar surface area (TPSA) is 76.1 Å². The molecule has 0 aliphatic rings. The Morgan fingerprint density at radius 3 is 2.42 bits per heavy atom. The molecule has 0 aliphatic heterocycles. The minimum atomic E-state index is -0.493. The van der Waals surface area contributed by atoms with Gasteiger partial charge in [0, 0.05) is 28.6 Å². The predicted molar refractivity (Wildman–Crippen MR) is 119 cm³/mol. The second-order valence-corrected chi connectivity index (χ2v) is 7.12. The number of thiazole rings is 1. The van der Waals surface area contributed by atoms with Crippen LogP contribution in [0.5, 0.6) is 23.0 Å². The average Bonchev–Trinajstić information content (AvgIpc) is 3.30. The molecule has 0 atom stereocenters. The number of benzene rings is 2. The number of hydrogen-bond acceptors (Lipinski definition) is 8. The molecule has 0 N–H and O–H groups in total. The van der Waals surface area contributed by atoms with E-state index in [-0.39, 0.29) is 6.61 Å². The summed E-state index contributed by atoms with van der Waals surface area (Å²) in [6.07, 6.45) is 2.94. The first-order valence-electron chi connectivity index (χ1n) is 9.31. The zero-order valence-corrected chi connectivity index (χ0v) is 18.5. The van der Waals surface area contributed by atoms with Gasteiger partial charge in [-0.2, -0.15) is 0 Å². The number of rotatable bonds is 9. The lowest BCUT2D eigenvalue weighted by atomic mass is 10.1. The zero-order chi connectivity index (χ0) is 22.2. The van der Waals surface area contributed by atoms with Crippen molar-refractivity contribution in [2.75, 3.05) is 28.4 Å². The number of nitrogens with zero attached hydrogens (tertiary/aromatic N) is 1. The predicted octanol–water partition coefficient (Wildman–Crippen LogP) is 4.60. The normalized spacial score (nSPS) is 10.7. The van der Waals surface area contributed by atoms with Crippen LogP contribution in [0.4, 0.5) is 0 Å². The number of aromatic nitrogens is 1. The fraction of sp³-hybridized carbons (Fsp3) is 0.217. The molecule has 3 aromatic rings. The van der Waals surface area contributed by atoms with Crippen molar-refractivity contribution in [1.29, 1.82) is 0 Å². The van der Waals surface area contributed by atoms with Crippen molar-refractivity contribution in [3.8, 4) is 33.6 Å². The summed E-state index contributed by atoms with van der Waals surface area (Å²) in [5.41, 5.74) is 2.28. The van der Waals surface area contributed by atoms with E-state index in [1.54, 1.807) is 46.6 Å². The van der Waals surface area contributed by atoms with Crippen molar-refractivity contribution in [2.24, 2.45) is 0 Å². The van der Waals surface area contributed by atoms with E-state index in [0.29, 0.717) is 28.5 Å². The summed E-state index contributed by atoms with van der Waals surface area (Å²) < 4.78 is 26.5. The number of carbonyl (C=O) groups is 1. The molecule has 2 aromatic carbocycles. The zero-order valence-electron chi connectivity index (χ0n) is 17.7.